The van der Waals surface area contributed by atoms with Gasteiger partial charge in [-0.2, -0.15) is 0 Å². The van der Waals surface area contributed by atoms with Crippen LogP contribution >= 0.6 is 11.3 Å². The highest BCUT2D eigenvalue weighted by molar-refractivity contribution is 7.91. The van der Waals surface area contributed by atoms with Crippen LogP contribution in [0.15, 0.2) is 70.1 Å². The summed E-state index contributed by atoms with van der Waals surface area (Å²) in [6.07, 6.45) is 4.27. The smallest absolute Gasteiger partial charge is 0.278 e. The minimum Gasteiger partial charge on any atom is -0.355 e. The van der Waals surface area contributed by atoms with Gasteiger partial charge in [0.05, 0.1) is 16.2 Å². The number of fused-ring (bicyclic) bond motifs is 1. The average Bonchev–Trinajstić information content (AvgIpc) is 3.58. The second-order valence-corrected chi connectivity index (χ2v) is 12.7. The summed E-state index contributed by atoms with van der Waals surface area (Å²) >= 11 is 1.44. The predicted molar refractivity (Wildman–Crippen MR) is 151 cm³/mol. The molecular weight excluding hydrogens is 534 g/mol. The van der Waals surface area contributed by atoms with E-state index in [-0.39, 0.29) is 22.2 Å². The Morgan fingerprint density at radius 1 is 1.00 bits per heavy atom. The number of thiophene rings is 1. The van der Waals surface area contributed by atoms with Crippen LogP contribution in [0.3, 0.4) is 0 Å². The van der Waals surface area contributed by atoms with E-state index in [0.29, 0.717) is 34.9 Å². The van der Waals surface area contributed by atoms with Gasteiger partial charge in [-0.3, -0.25) is 9.59 Å². The van der Waals surface area contributed by atoms with Crippen molar-refractivity contribution in [2.45, 2.75) is 50.5 Å². The van der Waals surface area contributed by atoms with E-state index >= 15 is 0 Å². The first kappa shape index (κ1) is 26.8. The van der Waals surface area contributed by atoms with E-state index in [4.69, 9.17) is 4.52 Å². The molecule has 2 aromatic heterocycles. The molecular formula is C29H29N3O5S2. The van der Waals surface area contributed by atoms with Gasteiger partial charge < -0.3 is 15.2 Å². The first-order valence-electron chi connectivity index (χ1n) is 12.9. The molecule has 8 nitrogen and oxygen atoms in total. The molecule has 2 heterocycles. The summed E-state index contributed by atoms with van der Waals surface area (Å²) in [6, 6.07) is 17.5. The van der Waals surface area contributed by atoms with Crippen molar-refractivity contribution in [3.8, 4) is 11.3 Å². The highest BCUT2D eigenvalue weighted by atomic mass is 32.2. The van der Waals surface area contributed by atoms with Gasteiger partial charge in [0.2, 0.25) is 0 Å². The maximum atomic E-state index is 13.3. The molecule has 10 heteroatoms. The van der Waals surface area contributed by atoms with Crippen LogP contribution in [0.1, 0.15) is 63.0 Å². The summed E-state index contributed by atoms with van der Waals surface area (Å²) in [6.45, 7) is 2.21. The zero-order valence-electron chi connectivity index (χ0n) is 21.5. The Kier molecular flexibility index (Phi) is 7.94. The van der Waals surface area contributed by atoms with E-state index in [9.17, 15) is 18.0 Å². The Balaban J connectivity index is 1.34. The van der Waals surface area contributed by atoms with Gasteiger partial charge in [-0.25, -0.2) is 8.42 Å². The summed E-state index contributed by atoms with van der Waals surface area (Å²) in [5, 5.41) is 10.3. The molecule has 202 valence electrons. The Bertz CT molecular complexity index is 1590. The summed E-state index contributed by atoms with van der Waals surface area (Å²) in [4.78, 5) is 27.8. The quantitative estimate of drug-likeness (QED) is 0.272. The second-order valence-electron chi connectivity index (χ2n) is 9.46. The van der Waals surface area contributed by atoms with Crippen LogP contribution in [0.4, 0.5) is 5.00 Å². The number of carbonyl (C=O) groups excluding carboxylic acids is 2. The van der Waals surface area contributed by atoms with Crippen LogP contribution in [-0.4, -0.2) is 31.1 Å². The maximum absolute atomic E-state index is 13.3. The number of anilines is 1. The van der Waals surface area contributed by atoms with Crippen molar-refractivity contribution in [1.29, 1.82) is 0 Å². The summed E-state index contributed by atoms with van der Waals surface area (Å²) in [7, 11) is -3.33. The molecule has 0 spiro atoms. The largest absolute Gasteiger partial charge is 0.355 e. The third-order valence-corrected chi connectivity index (χ3v) is 9.78. The lowest BCUT2D eigenvalue weighted by atomic mass is 9.95. The molecule has 0 saturated carbocycles. The van der Waals surface area contributed by atoms with Gasteiger partial charge >= 0.3 is 0 Å². The van der Waals surface area contributed by atoms with Crippen LogP contribution in [-0.2, 0) is 29.2 Å². The molecule has 0 bridgehead atoms. The van der Waals surface area contributed by atoms with Gasteiger partial charge in [0.1, 0.15) is 5.00 Å². The SMILES string of the molecule is CCCS(=O)(=O)c1ccc(-c2cc(C(=O)Nc3sc4c(c3C(=O)NCc3ccccc3)CCCC4)no2)cc1. The number of benzene rings is 2. The molecule has 0 atom stereocenters. The normalized spacial score (nSPS) is 13.1. The molecule has 1 aliphatic rings. The van der Waals surface area contributed by atoms with Gasteiger partial charge in [0.25, 0.3) is 11.8 Å². The number of amides is 2. The zero-order chi connectivity index (χ0) is 27.4. The molecule has 0 fully saturated rings. The second kappa shape index (κ2) is 11.5. The van der Waals surface area contributed by atoms with Gasteiger partial charge in [-0.05, 0) is 67.5 Å². The Morgan fingerprint density at radius 2 is 1.74 bits per heavy atom. The number of carbonyl (C=O) groups is 2. The molecule has 2 aromatic carbocycles. The van der Waals surface area contributed by atoms with Crippen LogP contribution in [0.25, 0.3) is 11.3 Å². The zero-order valence-corrected chi connectivity index (χ0v) is 23.2. The van der Waals surface area contributed by atoms with Crippen LogP contribution in [0.5, 0.6) is 0 Å². The van der Waals surface area contributed by atoms with E-state index < -0.39 is 15.7 Å². The lowest BCUT2D eigenvalue weighted by molar-refractivity contribution is 0.0951. The van der Waals surface area contributed by atoms with Crippen molar-refractivity contribution in [1.82, 2.24) is 10.5 Å². The number of nitrogens with one attached hydrogen (secondary N) is 2. The monoisotopic (exact) mass is 563 g/mol. The Labute approximate surface area is 231 Å². The number of sulfone groups is 1. The summed E-state index contributed by atoms with van der Waals surface area (Å²) < 4.78 is 30.0. The molecule has 4 aromatic rings. The fourth-order valence-corrected chi connectivity index (χ4v) is 7.26. The molecule has 39 heavy (non-hydrogen) atoms. The van der Waals surface area contributed by atoms with E-state index in [2.05, 4.69) is 15.8 Å². The maximum Gasteiger partial charge on any atom is 0.278 e. The Hall–Kier alpha value is -3.76. The molecule has 2 N–H and O–H groups in total. The standard InChI is InChI=1S/C29H29N3O5S2/c1-2-16-39(35,36)21-14-12-20(13-15-21)24-17-23(32-37-24)27(33)31-29-26(22-10-6-7-11-25(22)38-29)28(34)30-18-19-8-4-3-5-9-19/h3-5,8-9,12-15,17H,2,6-7,10-11,16,18H2,1H3,(H,30,34)(H,31,33). The molecule has 2 amide bonds. The third kappa shape index (κ3) is 5.97. The fourth-order valence-electron chi connectivity index (χ4n) is 4.66. The van der Waals surface area contributed by atoms with Crippen LogP contribution in [0, 0.1) is 0 Å². The molecule has 0 radical (unpaired) electrons. The number of hydrogen-bond donors (Lipinski definition) is 2. The van der Waals surface area contributed by atoms with E-state index in [1.54, 1.807) is 12.1 Å². The number of nitrogens with zero attached hydrogens (tertiary/aromatic N) is 1. The molecule has 0 saturated heterocycles. The summed E-state index contributed by atoms with van der Waals surface area (Å²) in [5.74, 6) is -0.279. The third-order valence-electron chi connectivity index (χ3n) is 6.63. The van der Waals surface area contributed by atoms with Crippen LogP contribution in [0.2, 0.25) is 0 Å². The molecule has 0 aliphatic heterocycles. The lowest BCUT2D eigenvalue weighted by Crippen LogP contribution is -2.25. The minimum atomic E-state index is -3.33. The number of hydrogen-bond acceptors (Lipinski definition) is 7. The molecule has 0 unspecified atom stereocenters. The number of rotatable bonds is 9. The van der Waals surface area contributed by atoms with Crippen LogP contribution < -0.4 is 10.6 Å². The topological polar surface area (TPSA) is 118 Å². The molecule has 5 rings (SSSR count). The average molecular weight is 564 g/mol. The Morgan fingerprint density at radius 3 is 2.49 bits per heavy atom. The van der Waals surface area contributed by atoms with Crippen molar-refractivity contribution in [2.24, 2.45) is 0 Å². The number of aromatic nitrogens is 1. The highest BCUT2D eigenvalue weighted by Crippen LogP contribution is 2.38. The van der Waals surface area contributed by atoms with E-state index in [0.717, 1.165) is 41.7 Å². The number of aryl methyl sites for hydroxylation is 1. The van der Waals surface area contributed by atoms with E-state index in [1.807, 2.05) is 37.3 Å². The van der Waals surface area contributed by atoms with Gasteiger partial charge in [0, 0.05) is 23.1 Å². The van der Waals surface area contributed by atoms with Crippen molar-refractivity contribution in [3.63, 3.8) is 0 Å². The fraction of sp³-hybridized carbons (Fsp3) is 0.276. The minimum absolute atomic E-state index is 0.0645. The predicted octanol–water partition coefficient (Wildman–Crippen LogP) is 5.65. The first-order chi connectivity index (χ1) is 18.9. The van der Waals surface area contributed by atoms with Crippen molar-refractivity contribution in [2.75, 3.05) is 11.1 Å². The lowest BCUT2D eigenvalue weighted by Gasteiger charge is -2.13. The van der Waals surface area contributed by atoms with Gasteiger partial charge in [-0.1, -0.05) is 42.4 Å². The van der Waals surface area contributed by atoms with E-state index in [1.165, 1.54) is 29.5 Å². The first-order valence-corrected chi connectivity index (χ1v) is 15.4. The molecule has 1 aliphatic carbocycles. The van der Waals surface area contributed by atoms with Crippen molar-refractivity contribution < 1.29 is 22.5 Å². The van der Waals surface area contributed by atoms with Gasteiger partial charge in [-0.15, -0.1) is 11.3 Å². The van der Waals surface area contributed by atoms with Gasteiger partial charge in [0.15, 0.2) is 21.3 Å². The highest BCUT2D eigenvalue weighted by Gasteiger charge is 2.27. The van der Waals surface area contributed by atoms with Crippen molar-refractivity contribution >= 4 is 38.0 Å². The summed E-state index contributed by atoms with van der Waals surface area (Å²) in [5.41, 5.74) is 3.18. The van der Waals surface area contributed by atoms with Crippen molar-refractivity contribution in [3.05, 3.63) is 87.9 Å².